The fourth-order valence-corrected chi connectivity index (χ4v) is 2.79. The first-order chi connectivity index (χ1) is 11.3. The number of fused-ring (bicyclic) bond motifs is 1. The van der Waals surface area contributed by atoms with E-state index in [9.17, 15) is 0 Å². The van der Waals surface area contributed by atoms with Gasteiger partial charge in [0.1, 0.15) is 11.5 Å². The first-order valence-electron chi connectivity index (χ1n) is 7.44. The van der Waals surface area contributed by atoms with Crippen LogP contribution in [0.4, 0.5) is 0 Å². The SMILES string of the molecule is N#Cc1ccc(-c2ccc(-c3cccc4ccccc34)o2)cc1. The van der Waals surface area contributed by atoms with Gasteiger partial charge in [-0.2, -0.15) is 5.26 Å². The zero-order chi connectivity index (χ0) is 15.6. The molecule has 0 N–H and O–H groups in total. The largest absolute Gasteiger partial charge is 0.456 e. The summed E-state index contributed by atoms with van der Waals surface area (Å²) in [6.07, 6.45) is 0. The molecule has 4 rings (SSSR count). The van der Waals surface area contributed by atoms with Crippen LogP contribution in [0.3, 0.4) is 0 Å². The number of benzene rings is 3. The van der Waals surface area contributed by atoms with Crippen molar-refractivity contribution in [2.24, 2.45) is 0 Å². The Bertz CT molecular complexity index is 1010. The Hall–Kier alpha value is -3.31. The predicted octanol–water partition coefficient (Wildman–Crippen LogP) is 5.64. The highest BCUT2D eigenvalue weighted by molar-refractivity contribution is 5.95. The van der Waals surface area contributed by atoms with E-state index in [1.807, 2.05) is 42.5 Å². The summed E-state index contributed by atoms with van der Waals surface area (Å²) in [4.78, 5) is 0. The maximum atomic E-state index is 8.88. The normalized spacial score (nSPS) is 10.6. The number of nitrogens with zero attached hydrogens (tertiary/aromatic N) is 1. The Kier molecular flexibility index (Phi) is 3.18. The van der Waals surface area contributed by atoms with Crippen LogP contribution in [-0.4, -0.2) is 0 Å². The molecule has 0 saturated carbocycles. The third-order valence-electron chi connectivity index (χ3n) is 3.96. The molecule has 1 heterocycles. The molecule has 108 valence electrons. The third-order valence-corrected chi connectivity index (χ3v) is 3.96. The molecular formula is C21H13NO. The van der Waals surface area contributed by atoms with Crippen LogP contribution in [0.1, 0.15) is 5.56 Å². The van der Waals surface area contributed by atoms with Crippen LogP contribution in [0, 0.1) is 11.3 Å². The van der Waals surface area contributed by atoms with Crippen molar-refractivity contribution in [2.75, 3.05) is 0 Å². The number of nitriles is 1. The van der Waals surface area contributed by atoms with Crippen molar-refractivity contribution in [1.29, 1.82) is 5.26 Å². The van der Waals surface area contributed by atoms with Gasteiger partial charge in [-0.25, -0.2) is 0 Å². The summed E-state index contributed by atoms with van der Waals surface area (Å²) in [6.45, 7) is 0. The van der Waals surface area contributed by atoms with Gasteiger partial charge in [0.2, 0.25) is 0 Å². The second-order valence-electron chi connectivity index (χ2n) is 5.38. The monoisotopic (exact) mass is 295 g/mol. The highest BCUT2D eigenvalue weighted by Crippen LogP contribution is 2.33. The lowest BCUT2D eigenvalue weighted by molar-refractivity contribution is 0.598. The summed E-state index contributed by atoms with van der Waals surface area (Å²) in [6, 6.07) is 28.0. The Labute approximate surface area is 134 Å². The van der Waals surface area contributed by atoms with E-state index in [1.165, 1.54) is 10.8 Å². The topological polar surface area (TPSA) is 36.9 Å². The molecule has 0 fully saturated rings. The number of hydrogen-bond acceptors (Lipinski definition) is 2. The van der Waals surface area contributed by atoms with E-state index >= 15 is 0 Å². The van der Waals surface area contributed by atoms with Crippen molar-refractivity contribution in [3.05, 3.63) is 84.4 Å². The van der Waals surface area contributed by atoms with Gasteiger partial charge in [-0.05, 0) is 47.2 Å². The second-order valence-corrected chi connectivity index (χ2v) is 5.38. The average molecular weight is 295 g/mol. The molecule has 0 amide bonds. The maximum Gasteiger partial charge on any atom is 0.135 e. The van der Waals surface area contributed by atoms with E-state index in [-0.39, 0.29) is 0 Å². The van der Waals surface area contributed by atoms with Gasteiger partial charge < -0.3 is 4.42 Å². The van der Waals surface area contributed by atoms with E-state index in [4.69, 9.17) is 9.68 Å². The Morgan fingerprint density at radius 3 is 2.26 bits per heavy atom. The maximum absolute atomic E-state index is 8.88. The number of furan rings is 1. The van der Waals surface area contributed by atoms with E-state index in [0.29, 0.717) is 5.56 Å². The molecule has 4 aromatic rings. The van der Waals surface area contributed by atoms with Crippen LogP contribution in [0.2, 0.25) is 0 Å². The molecule has 0 aliphatic rings. The van der Waals surface area contributed by atoms with Crippen LogP contribution in [-0.2, 0) is 0 Å². The molecule has 0 atom stereocenters. The van der Waals surface area contributed by atoms with Gasteiger partial charge >= 0.3 is 0 Å². The molecular weight excluding hydrogens is 282 g/mol. The van der Waals surface area contributed by atoms with Gasteiger partial charge in [0.15, 0.2) is 0 Å². The first kappa shape index (κ1) is 13.4. The molecule has 0 aliphatic heterocycles. The van der Waals surface area contributed by atoms with Gasteiger partial charge in [-0.3, -0.25) is 0 Å². The third kappa shape index (κ3) is 2.39. The highest BCUT2D eigenvalue weighted by atomic mass is 16.3. The molecule has 3 aromatic carbocycles. The van der Waals surface area contributed by atoms with Crippen molar-refractivity contribution in [3.63, 3.8) is 0 Å². The van der Waals surface area contributed by atoms with E-state index in [1.54, 1.807) is 12.1 Å². The lowest BCUT2D eigenvalue weighted by Gasteiger charge is -2.04. The van der Waals surface area contributed by atoms with Crippen molar-refractivity contribution in [1.82, 2.24) is 0 Å². The average Bonchev–Trinajstić information content (AvgIpc) is 3.11. The van der Waals surface area contributed by atoms with Crippen LogP contribution >= 0.6 is 0 Å². The molecule has 23 heavy (non-hydrogen) atoms. The summed E-state index contributed by atoms with van der Waals surface area (Å²) in [5, 5.41) is 11.3. The van der Waals surface area contributed by atoms with Gasteiger partial charge in [-0.1, -0.05) is 42.5 Å². The minimum atomic E-state index is 0.648. The summed E-state index contributed by atoms with van der Waals surface area (Å²) >= 11 is 0. The van der Waals surface area contributed by atoms with Crippen molar-refractivity contribution in [3.8, 4) is 28.7 Å². The summed E-state index contributed by atoms with van der Waals surface area (Å²) in [5.74, 6) is 1.65. The second kappa shape index (κ2) is 5.47. The van der Waals surface area contributed by atoms with E-state index in [2.05, 4.69) is 30.3 Å². The molecule has 0 saturated heterocycles. The van der Waals surface area contributed by atoms with Gasteiger partial charge in [-0.15, -0.1) is 0 Å². The van der Waals surface area contributed by atoms with Crippen LogP contribution < -0.4 is 0 Å². The predicted molar refractivity (Wildman–Crippen MR) is 91.8 cm³/mol. The molecule has 2 heteroatoms. The fourth-order valence-electron chi connectivity index (χ4n) is 2.79. The fraction of sp³-hybridized carbons (Fsp3) is 0. The molecule has 0 unspecified atom stereocenters. The standard InChI is InChI=1S/C21H13NO/c22-14-15-8-10-17(11-9-15)20-12-13-21(23-20)19-7-3-5-16-4-1-2-6-18(16)19/h1-13H. The zero-order valence-corrected chi connectivity index (χ0v) is 12.4. The van der Waals surface area contributed by atoms with Gasteiger partial charge in [0.05, 0.1) is 11.6 Å². The van der Waals surface area contributed by atoms with Crippen LogP contribution in [0.15, 0.2) is 83.3 Å². The molecule has 0 spiro atoms. The van der Waals surface area contributed by atoms with Crippen molar-refractivity contribution < 1.29 is 4.42 Å². The first-order valence-corrected chi connectivity index (χ1v) is 7.44. The molecule has 0 radical (unpaired) electrons. The Morgan fingerprint density at radius 2 is 1.43 bits per heavy atom. The van der Waals surface area contributed by atoms with E-state index in [0.717, 1.165) is 22.6 Å². The lowest BCUT2D eigenvalue weighted by Crippen LogP contribution is -1.78. The van der Waals surface area contributed by atoms with Crippen LogP contribution in [0.5, 0.6) is 0 Å². The minimum Gasteiger partial charge on any atom is -0.456 e. The number of hydrogen-bond donors (Lipinski definition) is 0. The highest BCUT2D eigenvalue weighted by Gasteiger charge is 2.09. The van der Waals surface area contributed by atoms with Crippen molar-refractivity contribution in [2.45, 2.75) is 0 Å². The summed E-state index contributed by atoms with van der Waals surface area (Å²) < 4.78 is 6.05. The molecule has 2 nitrogen and oxygen atoms in total. The lowest BCUT2D eigenvalue weighted by atomic mass is 10.0. The van der Waals surface area contributed by atoms with E-state index < -0.39 is 0 Å². The Morgan fingerprint density at radius 1 is 0.696 bits per heavy atom. The number of rotatable bonds is 2. The van der Waals surface area contributed by atoms with Gasteiger partial charge in [0.25, 0.3) is 0 Å². The Balaban J connectivity index is 1.79. The van der Waals surface area contributed by atoms with Crippen LogP contribution in [0.25, 0.3) is 33.4 Å². The van der Waals surface area contributed by atoms with Gasteiger partial charge in [0, 0.05) is 11.1 Å². The summed E-state index contributed by atoms with van der Waals surface area (Å²) in [7, 11) is 0. The zero-order valence-electron chi connectivity index (χ0n) is 12.4. The molecule has 0 aliphatic carbocycles. The minimum absolute atomic E-state index is 0.648. The smallest absolute Gasteiger partial charge is 0.135 e. The summed E-state index contributed by atoms with van der Waals surface area (Å²) in [5.41, 5.74) is 2.70. The quantitative estimate of drug-likeness (QED) is 0.480. The molecule has 1 aromatic heterocycles. The van der Waals surface area contributed by atoms with Crippen molar-refractivity contribution >= 4 is 10.8 Å². The molecule has 0 bridgehead atoms.